The van der Waals surface area contributed by atoms with Gasteiger partial charge in [0, 0.05) is 18.0 Å². The van der Waals surface area contributed by atoms with Gasteiger partial charge in [0.15, 0.2) is 0 Å². The summed E-state index contributed by atoms with van der Waals surface area (Å²) in [6.07, 6.45) is 1.69. The standard InChI is InChI=1S/C14H14ClN5O2/c1-3-22-13-17-14-19(8-10-4-5-11(15)16-7-10)9(2)6-12(21)20(14)18-13/h4-7H,3,8H2,1-2H3. The molecule has 0 saturated carbocycles. The second-order valence-corrected chi connectivity index (χ2v) is 5.13. The van der Waals surface area contributed by atoms with Crippen LogP contribution in [-0.2, 0) is 6.54 Å². The van der Waals surface area contributed by atoms with Gasteiger partial charge in [0.2, 0.25) is 5.78 Å². The van der Waals surface area contributed by atoms with Crippen molar-refractivity contribution in [3.05, 3.63) is 51.2 Å². The number of hydrogen-bond donors (Lipinski definition) is 0. The number of rotatable bonds is 4. The van der Waals surface area contributed by atoms with E-state index in [1.54, 1.807) is 12.3 Å². The molecule has 3 heterocycles. The lowest BCUT2D eigenvalue weighted by Crippen LogP contribution is -2.20. The minimum Gasteiger partial charge on any atom is -0.463 e. The first-order valence-corrected chi connectivity index (χ1v) is 7.16. The summed E-state index contributed by atoms with van der Waals surface area (Å²) in [5.41, 5.74) is 1.48. The second kappa shape index (κ2) is 5.76. The predicted molar refractivity (Wildman–Crippen MR) is 81.5 cm³/mol. The van der Waals surface area contributed by atoms with E-state index in [2.05, 4.69) is 15.1 Å². The Hall–Kier alpha value is -2.41. The van der Waals surface area contributed by atoms with Crippen molar-refractivity contribution in [1.82, 2.24) is 24.1 Å². The summed E-state index contributed by atoms with van der Waals surface area (Å²) < 4.78 is 8.40. The maximum Gasteiger partial charge on any atom is 0.337 e. The highest BCUT2D eigenvalue weighted by molar-refractivity contribution is 6.29. The molecular weight excluding hydrogens is 306 g/mol. The van der Waals surface area contributed by atoms with Gasteiger partial charge in [-0.25, -0.2) is 4.98 Å². The Morgan fingerprint density at radius 1 is 1.36 bits per heavy atom. The molecular formula is C14H14ClN5O2. The van der Waals surface area contributed by atoms with Crippen molar-refractivity contribution in [2.45, 2.75) is 20.4 Å². The number of fused-ring (bicyclic) bond motifs is 1. The van der Waals surface area contributed by atoms with Gasteiger partial charge in [0.1, 0.15) is 5.15 Å². The summed E-state index contributed by atoms with van der Waals surface area (Å²) >= 11 is 5.80. The molecule has 0 aliphatic heterocycles. The Labute approximate surface area is 131 Å². The monoisotopic (exact) mass is 319 g/mol. The van der Waals surface area contributed by atoms with Gasteiger partial charge in [0.25, 0.3) is 5.56 Å². The zero-order valence-electron chi connectivity index (χ0n) is 12.2. The molecule has 0 amide bonds. The van der Waals surface area contributed by atoms with Crippen LogP contribution in [0.3, 0.4) is 0 Å². The van der Waals surface area contributed by atoms with Crippen LogP contribution >= 0.6 is 11.6 Å². The summed E-state index contributed by atoms with van der Waals surface area (Å²) in [5.74, 6) is 0.434. The van der Waals surface area contributed by atoms with Gasteiger partial charge in [0.05, 0.1) is 13.2 Å². The van der Waals surface area contributed by atoms with Crippen LogP contribution in [0.2, 0.25) is 5.15 Å². The van der Waals surface area contributed by atoms with Gasteiger partial charge in [-0.2, -0.15) is 9.50 Å². The maximum absolute atomic E-state index is 12.0. The molecule has 0 radical (unpaired) electrons. The Balaban J connectivity index is 2.11. The fourth-order valence-electron chi connectivity index (χ4n) is 2.15. The van der Waals surface area contributed by atoms with E-state index in [1.807, 2.05) is 24.5 Å². The molecule has 0 fully saturated rings. The molecule has 0 spiro atoms. The Morgan fingerprint density at radius 2 is 2.18 bits per heavy atom. The lowest BCUT2D eigenvalue weighted by molar-refractivity contribution is 0.313. The van der Waals surface area contributed by atoms with Crippen LogP contribution in [0.5, 0.6) is 6.01 Å². The van der Waals surface area contributed by atoms with E-state index in [0.29, 0.717) is 24.1 Å². The number of pyridine rings is 1. The van der Waals surface area contributed by atoms with Crippen molar-refractivity contribution in [2.24, 2.45) is 0 Å². The number of aromatic nitrogens is 5. The summed E-state index contributed by atoms with van der Waals surface area (Å²) in [5, 5.41) is 4.51. The maximum atomic E-state index is 12.0. The molecule has 0 N–H and O–H groups in total. The molecule has 114 valence electrons. The van der Waals surface area contributed by atoms with Crippen LogP contribution in [0.15, 0.2) is 29.2 Å². The van der Waals surface area contributed by atoms with Crippen molar-refractivity contribution in [3.8, 4) is 6.01 Å². The molecule has 0 aliphatic rings. The first-order valence-electron chi connectivity index (χ1n) is 6.79. The Bertz CT molecular complexity index is 869. The highest BCUT2D eigenvalue weighted by Gasteiger charge is 2.13. The summed E-state index contributed by atoms with van der Waals surface area (Å²) in [7, 11) is 0. The van der Waals surface area contributed by atoms with Gasteiger partial charge in [-0.3, -0.25) is 4.79 Å². The van der Waals surface area contributed by atoms with Crippen molar-refractivity contribution < 1.29 is 4.74 Å². The molecule has 0 unspecified atom stereocenters. The van der Waals surface area contributed by atoms with Crippen LogP contribution < -0.4 is 10.3 Å². The molecule has 3 aromatic heterocycles. The molecule has 7 nitrogen and oxygen atoms in total. The minimum atomic E-state index is -0.239. The molecule has 0 saturated heterocycles. The normalized spacial score (nSPS) is 11.0. The fraction of sp³-hybridized carbons (Fsp3) is 0.286. The zero-order valence-corrected chi connectivity index (χ0v) is 12.9. The van der Waals surface area contributed by atoms with Gasteiger partial charge in [-0.15, -0.1) is 5.10 Å². The van der Waals surface area contributed by atoms with Crippen molar-refractivity contribution in [3.63, 3.8) is 0 Å². The van der Waals surface area contributed by atoms with Crippen LogP contribution in [0.4, 0.5) is 0 Å². The summed E-state index contributed by atoms with van der Waals surface area (Å²) in [6, 6.07) is 5.30. The third-order valence-electron chi connectivity index (χ3n) is 3.18. The summed E-state index contributed by atoms with van der Waals surface area (Å²) in [4.78, 5) is 20.4. The van der Waals surface area contributed by atoms with Crippen molar-refractivity contribution in [2.75, 3.05) is 6.61 Å². The minimum absolute atomic E-state index is 0.188. The van der Waals surface area contributed by atoms with Gasteiger partial charge >= 0.3 is 6.01 Å². The van der Waals surface area contributed by atoms with Gasteiger partial charge < -0.3 is 9.30 Å². The van der Waals surface area contributed by atoms with E-state index >= 15 is 0 Å². The lowest BCUT2D eigenvalue weighted by Gasteiger charge is -2.11. The van der Waals surface area contributed by atoms with E-state index in [-0.39, 0.29) is 11.6 Å². The van der Waals surface area contributed by atoms with Crippen LogP contribution in [0.1, 0.15) is 18.2 Å². The molecule has 22 heavy (non-hydrogen) atoms. The fourth-order valence-corrected chi connectivity index (χ4v) is 2.26. The average molecular weight is 320 g/mol. The Kier molecular flexibility index (Phi) is 3.81. The van der Waals surface area contributed by atoms with Crippen LogP contribution in [0, 0.1) is 6.92 Å². The topological polar surface area (TPSA) is 74.3 Å². The number of ether oxygens (including phenoxy) is 1. The SMILES string of the molecule is CCOc1nc2n(Cc3ccc(Cl)nc3)c(C)cc(=O)n2n1. The van der Waals surface area contributed by atoms with E-state index in [1.165, 1.54) is 10.6 Å². The third-order valence-corrected chi connectivity index (χ3v) is 3.41. The quantitative estimate of drug-likeness (QED) is 0.684. The van der Waals surface area contributed by atoms with Gasteiger partial charge in [-0.1, -0.05) is 17.7 Å². The highest BCUT2D eigenvalue weighted by Crippen LogP contribution is 2.12. The molecule has 8 heteroatoms. The van der Waals surface area contributed by atoms with E-state index in [4.69, 9.17) is 16.3 Å². The first-order chi connectivity index (χ1) is 10.6. The molecule has 0 atom stereocenters. The summed E-state index contributed by atoms with van der Waals surface area (Å²) in [6.45, 7) is 4.62. The largest absolute Gasteiger partial charge is 0.463 e. The third kappa shape index (κ3) is 2.67. The molecule has 3 rings (SSSR count). The number of nitrogens with zero attached hydrogens (tertiary/aromatic N) is 5. The predicted octanol–water partition coefficient (Wildman–Crippen LogP) is 1.69. The van der Waals surface area contributed by atoms with Gasteiger partial charge in [-0.05, 0) is 25.5 Å². The first kappa shape index (κ1) is 14.5. The second-order valence-electron chi connectivity index (χ2n) is 4.74. The smallest absolute Gasteiger partial charge is 0.337 e. The van der Waals surface area contributed by atoms with E-state index in [9.17, 15) is 4.79 Å². The highest BCUT2D eigenvalue weighted by atomic mass is 35.5. The average Bonchev–Trinajstić information content (AvgIpc) is 2.90. The molecule has 0 aliphatic carbocycles. The van der Waals surface area contributed by atoms with Crippen molar-refractivity contribution in [1.29, 1.82) is 0 Å². The number of halogens is 1. The van der Waals surface area contributed by atoms with Crippen LogP contribution in [0.25, 0.3) is 5.78 Å². The Morgan fingerprint density at radius 3 is 2.86 bits per heavy atom. The van der Waals surface area contributed by atoms with E-state index < -0.39 is 0 Å². The molecule has 3 aromatic rings. The number of aryl methyl sites for hydroxylation is 1. The van der Waals surface area contributed by atoms with Crippen molar-refractivity contribution >= 4 is 17.4 Å². The lowest BCUT2D eigenvalue weighted by atomic mass is 10.3. The zero-order chi connectivity index (χ0) is 15.7. The molecule has 0 bridgehead atoms. The van der Waals surface area contributed by atoms with E-state index in [0.717, 1.165) is 11.3 Å². The molecule has 0 aromatic carbocycles. The van der Waals surface area contributed by atoms with Crippen LogP contribution in [-0.4, -0.2) is 30.8 Å². The number of hydrogen-bond acceptors (Lipinski definition) is 5.